The fraction of sp³-hybridized carbons (Fsp3) is 0.308. The number of hydrogen-bond acceptors (Lipinski definition) is 3. The molecule has 0 saturated heterocycles. The Labute approximate surface area is 98.3 Å². The van der Waals surface area contributed by atoms with Crippen molar-refractivity contribution in [2.75, 3.05) is 0 Å². The second-order valence-electron chi connectivity index (χ2n) is 4.29. The summed E-state index contributed by atoms with van der Waals surface area (Å²) in [5, 5.41) is 8.76. The molecule has 17 heavy (non-hydrogen) atoms. The van der Waals surface area contributed by atoms with E-state index in [0.29, 0.717) is 12.8 Å². The van der Waals surface area contributed by atoms with Crippen LogP contribution >= 0.6 is 0 Å². The van der Waals surface area contributed by atoms with Gasteiger partial charge in [-0.1, -0.05) is 12.1 Å². The van der Waals surface area contributed by atoms with E-state index < -0.39 is 5.97 Å². The average Bonchev–Trinajstić information content (AvgIpc) is 2.28. The fourth-order valence-corrected chi connectivity index (χ4v) is 2.12. The number of Topliss-reactive ketones (excluding diaryl/α,β-unsaturated/α-hetero) is 2. The van der Waals surface area contributed by atoms with Gasteiger partial charge in [-0.2, -0.15) is 0 Å². The number of rotatable bonds is 2. The van der Waals surface area contributed by atoms with E-state index in [-0.39, 0.29) is 29.5 Å². The molecule has 1 aliphatic carbocycles. The first-order chi connectivity index (χ1) is 8.06. The standard InChI is InChI=1S/C13H12O4/c14-11-5-10(6-12(15)7-11)8-1-3-9(4-2-8)13(16)17/h1-4,10H,5-7H2,(H,16,17). The van der Waals surface area contributed by atoms with Gasteiger partial charge in [-0.25, -0.2) is 4.79 Å². The zero-order chi connectivity index (χ0) is 12.4. The highest BCUT2D eigenvalue weighted by molar-refractivity contribution is 6.02. The van der Waals surface area contributed by atoms with Gasteiger partial charge < -0.3 is 5.11 Å². The molecule has 1 fully saturated rings. The molecule has 0 spiro atoms. The first-order valence-electron chi connectivity index (χ1n) is 5.43. The molecule has 2 rings (SSSR count). The number of benzene rings is 1. The molecule has 4 heteroatoms. The number of carboxylic acids is 1. The molecule has 1 saturated carbocycles. The summed E-state index contributed by atoms with van der Waals surface area (Å²) in [5.74, 6) is -1.14. The summed E-state index contributed by atoms with van der Waals surface area (Å²) < 4.78 is 0. The van der Waals surface area contributed by atoms with Gasteiger partial charge in [0.05, 0.1) is 12.0 Å². The van der Waals surface area contributed by atoms with Crippen molar-refractivity contribution in [1.82, 2.24) is 0 Å². The molecule has 1 aliphatic rings. The van der Waals surface area contributed by atoms with E-state index in [1.807, 2.05) is 0 Å². The number of carbonyl (C=O) groups excluding carboxylic acids is 2. The minimum absolute atomic E-state index is 0.0337. The first-order valence-corrected chi connectivity index (χ1v) is 5.43. The normalized spacial score (nSPS) is 17.2. The molecule has 4 nitrogen and oxygen atoms in total. The number of aromatic carboxylic acids is 1. The largest absolute Gasteiger partial charge is 0.478 e. The van der Waals surface area contributed by atoms with Crippen LogP contribution in [0.25, 0.3) is 0 Å². The third kappa shape index (κ3) is 2.58. The Hall–Kier alpha value is -1.97. The summed E-state index contributed by atoms with van der Waals surface area (Å²) in [6, 6.07) is 6.36. The molecule has 0 aromatic heterocycles. The van der Waals surface area contributed by atoms with Gasteiger partial charge in [-0.3, -0.25) is 9.59 Å². The summed E-state index contributed by atoms with van der Waals surface area (Å²) in [5.41, 5.74) is 1.07. The van der Waals surface area contributed by atoms with Crippen LogP contribution in [0.3, 0.4) is 0 Å². The van der Waals surface area contributed by atoms with Gasteiger partial charge in [0.2, 0.25) is 0 Å². The van der Waals surface area contributed by atoms with Crippen molar-refractivity contribution < 1.29 is 19.5 Å². The van der Waals surface area contributed by atoms with Gasteiger partial charge in [-0.05, 0) is 23.6 Å². The van der Waals surface area contributed by atoms with Crippen LogP contribution in [0.1, 0.15) is 41.1 Å². The van der Waals surface area contributed by atoms with Gasteiger partial charge in [0.25, 0.3) is 0 Å². The predicted octanol–water partition coefficient (Wildman–Crippen LogP) is 1.79. The summed E-state index contributed by atoms with van der Waals surface area (Å²) in [6.45, 7) is 0. The Balaban J connectivity index is 2.19. The topological polar surface area (TPSA) is 71.4 Å². The number of carboxylic acid groups (broad SMARTS) is 1. The van der Waals surface area contributed by atoms with Crippen LogP contribution in [0.15, 0.2) is 24.3 Å². The maximum atomic E-state index is 11.3. The third-order valence-electron chi connectivity index (χ3n) is 2.97. The zero-order valence-corrected chi connectivity index (χ0v) is 9.18. The minimum Gasteiger partial charge on any atom is -0.478 e. The molecule has 0 unspecified atom stereocenters. The van der Waals surface area contributed by atoms with Crippen molar-refractivity contribution in [3.05, 3.63) is 35.4 Å². The second kappa shape index (κ2) is 4.49. The van der Waals surface area contributed by atoms with Crippen molar-refractivity contribution in [3.63, 3.8) is 0 Å². The third-order valence-corrected chi connectivity index (χ3v) is 2.97. The van der Waals surface area contributed by atoms with E-state index in [9.17, 15) is 14.4 Å². The predicted molar refractivity (Wildman–Crippen MR) is 60.0 cm³/mol. The van der Waals surface area contributed by atoms with Gasteiger partial charge in [0.1, 0.15) is 11.6 Å². The molecule has 88 valence electrons. The number of ketones is 2. The van der Waals surface area contributed by atoms with Gasteiger partial charge in [0, 0.05) is 12.8 Å². The van der Waals surface area contributed by atoms with Gasteiger partial charge >= 0.3 is 5.97 Å². The molecular weight excluding hydrogens is 220 g/mol. The lowest BCUT2D eigenvalue weighted by Crippen LogP contribution is -2.21. The van der Waals surface area contributed by atoms with E-state index in [2.05, 4.69) is 0 Å². The molecule has 0 bridgehead atoms. The van der Waals surface area contributed by atoms with Crippen molar-refractivity contribution in [1.29, 1.82) is 0 Å². The SMILES string of the molecule is O=C1CC(=O)CC(c2ccc(C(=O)O)cc2)C1. The van der Waals surface area contributed by atoms with E-state index in [1.165, 1.54) is 12.1 Å². The molecular formula is C13H12O4. The summed E-state index contributed by atoms with van der Waals surface area (Å²) in [7, 11) is 0. The fourth-order valence-electron chi connectivity index (χ4n) is 2.12. The number of carbonyl (C=O) groups is 3. The van der Waals surface area contributed by atoms with E-state index in [4.69, 9.17) is 5.11 Å². The van der Waals surface area contributed by atoms with Crippen molar-refractivity contribution in [2.24, 2.45) is 0 Å². The Morgan fingerprint density at radius 2 is 1.59 bits per heavy atom. The number of hydrogen-bond donors (Lipinski definition) is 1. The van der Waals surface area contributed by atoms with Crippen LogP contribution in [0.2, 0.25) is 0 Å². The minimum atomic E-state index is -0.979. The molecule has 0 amide bonds. The van der Waals surface area contributed by atoms with E-state index in [0.717, 1.165) is 5.56 Å². The maximum absolute atomic E-state index is 11.3. The lowest BCUT2D eigenvalue weighted by Gasteiger charge is -2.20. The smallest absolute Gasteiger partial charge is 0.335 e. The lowest BCUT2D eigenvalue weighted by atomic mass is 9.82. The Morgan fingerprint density at radius 1 is 1.06 bits per heavy atom. The van der Waals surface area contributed by atoms with Crippen molar-refractivity contribution in [3.8, 4) is 0 Å². The molecule has 1 aromatic carbocycles. The van der Waals surface area contributed by atoms with E-state index >= 15 is 0 Å². The van der Waals surface area contributed by atoms with Crippen LogP contribution in [0, 0.1) is 0 Å². The highest BCUT2D eigenvalue weighted by atomic mass is 16.4. The highest BCUT2D eigenvalue weighted by Crippen LogP contribution is 2.29. The highest BCUT2D eigenvalue weighted by Gasteiger charge is 2.26. The molecule has 0 heterocycles. The monoisotopic (exact) mass is 232 g/mol. The Kier molecular flexibility index (Phi) is 3.04. The molecule has 1 aromatic rings. The second-order valence-corrected chi connectivity index (χ2v) is 4.29. The first kappa shape index (κ1) is 11.5. The van der Waals surface area contributed by atoms with E-state index in [1.54, 1.807) is 12.1 Å². The summed E-state index contributed by atoms with van der Waals surface area (Å²) in [6.07, 6.45) is 0.792. The molecule has 0 aliphatic heterocycles. The quantitative estimate of drug-likeness (QED) is 0.789. The van der Waals surface area contributed by atoms with Crippen LogP contribution in [0.5, 0.6) is 0 Å². The van der Waals surface area contributed by atoms with Crippen molar-refractivity contribution >= 4 is 17.5 Å². The Bertz CT molecular complexity index is 457. The molecule has 1 N–H and O–H groups in total. The molecule has 0 radical (unpaired) electrons. The van der Waals surface area contributed by atoms with Crippen molar-refractivity contribution in [2.45, 2.75) is 25.2 Å². The Morgan fingerprint density at radius 3 is 2.06 bits per heavy atom. The zero-order valence-electron chi connectivity index (χ0n) is 9.18. The summed E-state index contributed by atoms with van der Waals surface area (Å²) in [4.78, 5) is 33.3. The average molecular weight is 232 g/mol. The summed E-state index contributed by atoms with van der Waals surface area (Å²) >= 11 is 0. The van der Waals surface area contributed by atoms with Gasteiger partial charge in [0.15, 0.2) is 0 Å². The van der Waals surface area contributed by atoms with Gasteiger partial charge in [-0.15, -0.1) is 0 Å². The van der Waals surface area contributed by atoms with Crippen LogP contribution in [-0.4, -0.2) is 22.6 Å². The van der Waals surface area contributed by atoms with Crippen LogP contribution in [0.4, 0.5) is 0 Å². The maximum Gasteiger partial charge on any atom is 0.335 e. The van der Waals surface area contributed by atoms with Crippen LogP contribution < -0.4 is 0 Å². The van der Waals surface area contributed by atoms with Crippen LogP contribution in [-0.2, 0) is 9.59 Å². The lowest BCUT2D eigenvalue weighted by molar-refractivity contribution is -0.130. The molecule has 0 atom stereocenters.